The van der Waals surface area contributed by atoms with Crippen molar-refractivity contribution in [3.05, 3.63) is 0 Å². The monoisotopic (exact) mass is 616 g/mol. The first-order chi connectivity index (χ1) is 20.5. The third-order valence-corrected chi connectivity index (χ3v) is 8.35. The van der Waals surface area contributed by atoms with Crippen molar-refractivity contribution in [3.8, 4) is 0 Å². The highest BCUT2D eigenvalue weighted by Gasteiger charge is 2.44. The predicted octanol–water partition coefficient (Wildman–Crippen LogP) is 3.88. The molecule has 0 heterocycles. The first-order valence-electron chi connectivity index (χ1n) is 17.5. The van der Waals surface area contributed by atoms with Gasteiger partial charge in [-0.25, -0.2) is 0 Å². The molecule has 1 saturated carbocycles. The number of carbonyl (C=O) groups is 1. The normalized spacial score (nSPS) is 21.6. The second kappa shape index (κ2) is 24.8. The number of carboxylic acids is 1. The summed E-state index contributed by atoms with van der Waals surface area (Å²) < 4.78 is 2.42. The molecule has 0 radical (unpaired) electrons. The van der Waals surface area contributed by atoms with Gasteiger partial charge in [0.2, 0.25) is 0 Å². The average molecular weight is 616 g/mol. The second-order valence-electron chi connectivity index (χ2n) is 12.8. The third kappa shape index (κ3) is 17.6. The van der Waals surface area contributed by atoms with E-state index in [-0.39, 0.29) is 0 Å². The Kier molecular flexibility index (Phi) is 24.0. The fourth-order valence-corrected chi connectivity index (χ4v) is 5.75. The lowest BCUT2D eigenvalue weighted by Gasteiger charge is -2.40. The van der Waals surface area contributed by atoms with E-state index in [0.717, 1.165) is 0 Å². The van der Waals surface area contributed by atoms with Crippen LogP contribution in [0.3, 0.4) is 0 Å². The van der Waals surface area contributed by atoms with Gasteiger partial charge in [0.05, 0.1) is 58.5 Å². The van der Waals surface area contributed by atoms with Crippen LogP contribution >= 0.6 is 0 Å². The molecular weight excluding hydrogens is 546 g/mol. The summed E-state index contributed by atoms with van der Waals surface area (Å²) in [6, 6.07) is 0. The number of hydrogen-bond donors (Lipinski definition) is 4. The van der Waals surface area contributed by atoms with Crippen LogP contribution in [0.2, 0.25) is 0 Å². The van der Waals surface area contributed by atoms with Gasteiger partial charge in [0.25, 0.3) is 0 Å². The minimum atomic E-state index is -2.25. The average Bonchev–Trinajstić information content (AvgIpc) is 2.96. The molecule has 0 amide bonds. The molecule has 0 aromatic carbocycles. The first-order valence-corrected chi connectivity index (χ1v) is 17.5. The van der Waals surface area contributed by atoms with Crippen molar-refractivity contribution in [2.45, 2.75) is 167 Å². The molecule has 0 unspecified atom stereocenters. The Labute approximate surface area is 264 Å². The molecule has 1 aliphatic rings. The fourth-order valence-electron chi connectivity index (χ4n) is 5.75. The number of aliphatic hydroxyl groups is 4. The standard InChI is InChI=1S/C27H58N3.C7H12O6/c1-7-11-15-19-23-29(24-20-16-12-8-2)27(28(5)6)30(25-21-17-13-9-3)26-22-18-14-10-4;8-3-1-7(13,6(11)12)2-4(9)5(3)10/h7-26H2,1-6H3;3-5,8-10,13H,1-2H2,(H,11,12)/q+1;/p-1/t;3-,4-,5?,7?/m.1/s1. The number of unbranched alkanes of at least 4 members (excludes halogenated alkanes) is 12. The predicted molar refractivity (Wildman–Crippen MR) is 174 cm³/mol. The van der Waals surface area contributed by atoms with Gasteiger partial charge in [0.1, 0.15) is 11.7 Å². The zero-order valence-electron chi connectivity index (χ0n) is 28.7. The number of nitrogens with zero attached hydrogens (tertiary/aromatic N) is 3. The summed E-state index contributed by atoms with van der Waals surface area (Å²) in [6.07, 6.45) is 16.2. The molecule has 9 heteroatoms. The first kappa shape index (κ1) is 41.6. The maximum absolute atomic E-state index is 10.4. The van der Waals surface area contributed by atoms with Crippen molar-refractivity contribution in [1.29, 1.82) is 0 Å². The Bertz CT molecular complexity index is 665. The van der Waals surface area contributed by atoms with E-state index in [1.807, 2.05) is 0 Å². The van der Waals surface area contributed by atoms with Gasteiger partial charge in [-0.1, -0.05) is 105 Å². The molecule has 1 rings (SSSR count). The molecule has 2 atom stereocenters. The summed E-state index contributed by atoms with van der Waals surface area (Å²) in [7, 11) is 4.54. The molecule has 0 aliphatic heterocycles. The lowest BCUT2D eigenvalue weighted by molar-refractivity contribution is -0.476. The van der Waals surface area contributed by atoms with Crippen LogP contribution in [0.1, 0.15) is 143 Å². The maximum Gasteiger partial charge on any atom is 0.350 e. The van der Waals surface area contributed by atoms with Crippen LogP contribution < -0.4 is 5.11 Å². The van der Waals surface area contributed by atoms with Gasteiger partial charge in [-0.05, 0) is 25.7 Å². The van der Waals surface area contributed by atoms with Gasteiger partial charge in [-0.3, -0.25) is 14.4 Å². The molecular formula is C34H69N3O6. The SMILES string of the molecule is CCCCCCN(CCCCCC)C(N(CCCCCC)CCCCCC)=[N+](C)C.O=C([O-])C1(O)C[C@@H](O)C(O)[C@H](O)C1. The Morgan fingerprint density at radius 1 is 0.651 bits per heavy atom. The van der Waals surface area contributed by atoms with Crippen molar-refractivity contribution < 1.29 is 34.9 Å². The van der Waals surface area contributed by atoms with Crippen LogP contribution in [-0.2, 0) is 4.79 Å². The molecule has 1 aliphatic carbocycles. The molecule has 43 heavy (non-hydrogen) atoms. The smallest absolute Gasteiger partial charge is 0.350 e. The van der Waals surface area contributed by atoms with Crippen LogP contribution in [0.5, 0.6) is 0 Å². The van der Waals surface area contributed by atoms with Crippen LogP contribution in [0, 0.1) is 0 Å². The minimum absolute atomic E-state index is 0.534. The largest absolute Gasteiger partial charge is 0.547 e. The number of aliphatic hydroxyl groups excluding tert-OH is 3. The zero-order valence-corrected chi connectivity index (χ0v) is 28.7. The number of guanidine groups is 1. The zero-order chi connectivity index (χ0) is 32.7. The van der Waals surface area contributed by atoms with E-state index in [1.54, 1.807) is 0 Å². The van der Waals surface area contributed by atoms with Crippen molar-refractivity contribution in [1.82, 2.24) is 9.80 Å². The fraction of sp³-hybridized carbons (Fsp3) is 0.941. The second-order valence-corrected chi connectivity index (χ2v) is 12.8. The number of aliphatic carboxylic acids is 1. The van der Waals surface area contributed by atoms with Crippen molar-refractivity contribution in [2.24, 2.45) is 0 Å². The van der Waals surface area contributed by atoms with E-state index < -0.39 is 42.7 Å². The van der Waals surface area contributed by atoms with Crippen molar-refractivity contribution in [2.75, 3.05) is 40.3 Å². The maximum atomic E-state index is 10.4. The Morgan fingerprint density at radius 3 is 1.19 bits per heavy atom. The van der Waals surface area contributed by atoms with Crippen LogP contribution in [-0.4, -0.2) is 111 Å². The lowest BCUT2D eigenvalue weighted by Crippen LogP contribution is -2.59. The Morgan fingerprint density at radius 2 is 0.953 bits per heavy atom. The molecule has 256 valence electrons. The molecule has 0 bridgehead atoms. The third-order valence-electron chi connectivity index (χ3n) is 8.35. The molecule has 0 aromatic heterocycles. The van der Waals surface area contributed by atoms with Crippen LogP contribution in [0.25, 0.3) is 0 Å². The Hall–Kier alpha value is -1.42. The van der Waals surface area contributed by atoms with E-state index >= 15 is 0 Å². The number of carboxylic acid groups (broad SMARTS) is 1. The van der Waals surface area contributed by atoms with Gasteiger partial charge < -0.3 is 30.3 Å². The van der Waals surface area contributed by atoms with Gasteiger partial charge in [0, 0.05) is 12.8 Å². The molecule has 4 N–H and O–H groups in total. The van der Waals surface area contributed by atoms with Gasteiger partial charge in [0.15, 0.2) is 0 Å². The topological polar surface area (TPSA) is 131 Å². The molecule has 0 aromatic rings. The lowest BCUT2D eigenvalue weighted by atomic mass is 9.80. The van der Waals surface area contributed by atoms with Crippen LogP contribution in [0.15, 0.2) is 0 Å². The number of rotatable bonds is 21. The van der Waals surface area contributed by atoms with Gasteiger partial charge in [-0.15, -0.1) is 0 Å². The molecule has 9 nitrogen and oxygen atoms in total. The number of carbonyl (C=O) groups excluding carboxylic acids is 1. The summed E-state index contributed by atoms with van der Waals surface area (Å²) >= 11 is 0. The van der Waals surface area contributed by atoms with E-state index in [4.69, 9.17) is 15.3 Å². The van der Waals surface area contributed by atoms with E-state index in [1.165, 1.54) is 135 Å². The van der Waals surface area contributed by atoms with Crippen molar-refractivity contribution in [3.63, 3.8) is 0 Å². The number of hydrogen-bond acceptors (Lipinski definition) is 6. The van der Waals surface area contributed by atoms with Crippen LogP contribution in [0.4, 0.5) is 0 Å². The van der Waals surface area contributed by atoms with Gasteiger partial charge in [-0.2, -0.15) is 0 Å². The van der Waals surface area contributed by atoms with E-state index in [9.17, 15) is 15.0 Å². The quantitative estimate of drug-likeness (QED) is 0.0663. The Balaban J connectivity index is 0.00000112. The highest BCUT2D eigenvalue weighted by Crippen LogP contribution is 2.28. The van der Waals surface area contributed by atoms with E-state index in [0.29, 0.717) is 0 Å². The molecule has 1 fully saturated rings. The summed E-state index contributed by atoms with van der Waals surface area (Å²) in [5.41, 5.74) is -2.25. The summed E-state index contributed by atoms with van der Waals surface area (Å²) in [5.74, 6) is -0.256. The molecule has 0 saturated heterocycles. The summed E-state index contributed by atoms with van der Waals surface area (Å²) in [4.78, 5) is 15.9. The summed E-state index contributed by atoms with van der Waals surface area (Å²) in [5, 5.41) is 46.9. The van der Waals surface area contributed by atoms with Gasteiger partial charge >= 0.3 is 5.96 Å². The highest BCUT2D eigenvalue weighted by atomic mass is 16.4. The molecule has 0 spiro atoms. The minimum Gasteiger partial charge on any atom is -0.547 e. The summed E-state index contributed by atoms with van der Waals surface area (Å²) in [6.45, 7) is 14.1. The van der Waals surface area contributed by atoms with E-state index in [2.05, 4.69) is 56.2 Å². The van der Waals surface area contributed by atoms with Crippen molar-refractivity contribution >= 4 is 11.9 Å². The highest BCUT2D eigenvalue weighted by molar-refractivity contribution is 5.75.